The summed E-state index contributed by atoms with van der Waals surface area (Å²) in [5, 5.41) is 3.39. The molecule has 1 atom stereocenters. The number of esters is 1. The van der Waals surface area contributed by atoms with Gasteiger partial charge in [-0.15, -0.1) is 0 Å². The van der Waals surface area contributed by atoms with Crippen LogP contribution in [-0.2, 0) is 9.47 Å². The second-order valence-electron chi connectivity index (χ2n) is 6.11. The van der Waals surface area contributed by atoms with E-state index in [0.29, 0.717) is 12.2 Å². The molecule has 1 aliphatic rings. The van der Waals surface area contributed by atoms with Gasteiger partial charge < -0.3 is 14.8 Å². The number of ether oxygens (including phenoxy) is 2. The van der Waals surface area contributed by atoms with E-state index in [1.165, 1.54) is 5.56 Å². The quantitative estimate of drug-likeness (QED) is 0.771. The van der Waals surface area contributed by atoms with E-state index in [9.17, 15) is 4.79 Å². The highest BCUT2D eigenvalue weighted by Crippen LogP contribution is 2.22. The molecule has 1 fully saturated rings. The van der Waals surface area contributed by atoms with Gasteiger partial charge in [-0.2, -0.15) is 0 Å². The summed E-state index contributed by atoms with van der Waals surface area (Å²) in [6, 6.07) is 14.3. The summed E-state index contributed by atoms with van der Waals surface area (Å²) in [6.45, 7) is 6.22. The van der Waals surface area contributed by atoms with Crippen molar-refractivity contribution in [1.29, 1.82) is 0 Å². The lowest BCUT2D eigenvalue weighted by molar-refractivity contribution is 0.0187. The predicted molar refractivity (Wildman–Crippen MR) is 100 cm³/mol. The Morgan fingerprint density at radius 3 is 2.65 bits per heavy atom. The first-order chi connectivity index (χ1) is 12.8. The molecule has 26 heavy (non-hydrogen) atoms. The molecule has 0 spiro atoms. The van der Waals surface area contributed by atoms with Crippen LogP contribution in [0.2, 0.25) is 0 Å². The molecule has 6 nitrogen and oxygen atoms in total. The van der Waals surface area contributed by atoms with Crippen molar-refractivity contribution >= 4 is 11.8 Å². The number of benzene rings is 1. The van der Waals surface area contributed by atoms with Crippen molar-refractivity contribution in [2.45, 2.75) is 13.0 Å². The number of anilines is 1. The molecule has 0 bridgehead atoms. The van der Waals surface area contributed by atoms with E-state index >= 15 is 0 Å². The Kier molecular flexibility index (Phi) is 6.57. The number of pyridine rings is 1. The largest absolute Gasteiger partial charge is 0.462 e. The molecule has 1 aromatic heterocycles. The van der Waals surface area contributed by atoms with Crippen molar-refractivity contribution in [3.8, 4) is 0 Å². The van der Waals surface area contributed by atoms with E-state index in [1.54, 1.807) is 19.2 Å². The fourth-order valence-corrected chi connectivity index (χ4v) is 3.06. The van der Waals surface area contributed by atoms with Gasteiger partial charge in [-0.1, -0.05) is 30.3 Å². The molecule has 138 valence electrons. The Morgan fingerprint density at radius 1 is 1.23 bits per heavy atom. The van der Waals surface area contributed by atoms with E-state index in [-0.39, 0.29) is 12.0 Å². The van der Waals surface area contributed by atoms with Crippen molar-refractivity contribution in [1.82, 2.24) is 9.88 Å². The van der Waals surface area contributed by atoms with Gasteiger partial charge in [0, 0.05) is 25.8 Å². The first kappa shape index (κ1) is 18.4. The molecular formula is C20H25N3O3. The standard InChI is InChI=1S/C20H25N3O3/c1-2-26-20(24)17-8-9-19(21-14-17)22-15-18(16-6-4-3-5-7-16)23-10-12-25-13-11-23/h3-9,14,18H,2,10-13,15H2,1H3,(H,21,22)/t18-/m1/s1. The van der Waals surface area contributed by atoms with Crippen LogP contribution in [-0.4, -0.2) is 55.3 Å². The van der Waals surface area contributed by atoms with Gasteiger partial charge in [-0.3, -0.25) is 4.90 Å². The smallest absolute Gasteiger partial charge is 0.339 e. The number of nitrogens with one attached hydrogen (secondary N) is 1. The van der Waals surface area contributed by atoms with E-state index in [1.807, 2.05) is 12.1 Å². The van der Waals surface area contributed by atoms with Crippen LogP contribution in [0.1, 0.15) is 28.9 Å². The molecule has 3 rings (SSSR count). The van der Waals surface area contributed by atoms with Gasteiger partial charge in [0.15, 0.2) is 0 Å². The Labute approximate surface area is 154 Å². The zero-order valence-electron chi connectivity index (χ0n) is 15.1. The van der Waals surface area contributed by atoms with Crippen LogP contribution < -0.4 is 5.32 Å². The lowest BCUT2D eigenvalue weighted by Crippen LogP contribution is -2.41. The highest BCUT2D eigenvalue weighted by molar-refractivity contribution is 5.89. The number of hydrogen-bond donors (Lipinski definition) is 1. The second kappa shape index (κ2) is 9.31. The molecular weight excluding hydrogens is 330 g/mol. The molecule has 0 aliphatic carbocycles. The number of rotatable bonds is 7. The van der Waals surface area contributed by atoms with E-state index in [0.717, 1.165) is 38.7 Å². The van der Waals surface area contributed by atoms with Crippen molar-refractivity contribution in [2.24, 2.45) is 0 Å². The summed E-state index contributed by atoms with van der Waals surface area (Å²) >= 11 is 0. The number of morpholine rings is 1. The minimum absolute atomic E-state index is 0.242. The number of carbonyl (C=O) groups excluding carboxylic acids is 1. The molecule has 1 aromatic carbocycles. The molecule has 2 heterocycles. The van der Waals surface area contributed by atoms with Gasteiger partial charge in [0.25, 0.3) is 0 Å². The highest BCUT2D eigenvalue weighted by atomic mass is 16.5. The summed E-state index contributed by atoms with van der Waals surface area (Å²) in [5.41, 5.74) is 1.73. The molecule has 0 radical (unpaired) electrons. The molecule has 0 saturated carbocycles. The van der Waals surface area contributed by atoms with Crippen LogP contribution in [0.5, 0.6) is 0 Å². The van der Waals surface area contributed by atoms with Crippen LogP contribution in [0.25, 0.3) is 0 Å². The normalized spacial score (nSPS) is 16.0. The van der Waals surface area contributed by atoms with E-state index < -0.39 is 0 Å². The zero-order chi connectivity index (χ0) is 18.2. The Balaban J connectivity index is 1.66. The summed E-state index contributed by atoms with van der Waals surface area (Å²) in [7, 11) is 0. The minimum atomic E-state index is -0.345. The summed E-state index contributed by atoms with van der Waals surface area (Å²) < 4.78 is 10.5. The van der Waals surface area contributed by atoms with Crippen LogP contribution in [0, 0.1) is 0 Å². The highest BCUT2D eigenvalue weighted by Gasteiger charge is 2.22. The van der Waals surface area contributed by atoms with Gasteiger partial charge in [0.05, 0.1) is 31.4 Å². The van der Waals surface area contributed by atoms with Gasteiger partial charge in [-0.25, -0.2) is 9.78 Å². The third-order valence-electron chi connectivity index (χ3n) is 4.42. The predicted octanol–water partition coefficient (Wildman–Crippen LogP) is 2.74. The fourth-order valence-electron chi connectivity index (χ4n) is 3.06. The zero-order valence-corrected chi connectivity index (χ0v) is 15.1. The van der Waals surface area contributed by atoms with Gasteiger partial charge in [0.1, 0.15) is 5.82 Å². The lowest BCUT2D eigenvalue weighted by Gasteiger charge is -2.35. The van der Waals surface area contributed by atoms with Crippen molar-refractivity contribution in [3.63, 3.8) is 0 Å². The van der Waals surface area contributed by atoms with Gasteiger partial charge in [-0.05, 0) is 24.6 Å². The average Bonchev–Trinajstić information content (AvgIpc) is 2.70. The average molecular weight is 355 g/mol. The maximum atomic E-state index is 11.7. The SMILES string of the molecule is CCOC(=O)c1ccc(NC[C@H](c2ccccc2)N2CCOCC2)nc1. The van der Waals surface area contributed by atoms with Crippen LogP contribution in [0.15, 0.2) is 48.7 Å². The molecule has 1 N–H and O–H groups in total. The van der Waals surface area contributed by atoms with Crippen molar-refractivity contribution < 1.29 is 14.3 Å². The van der Waals surface area contributed by atoms with Gasteiger partial charge in [0.2, 0.25) is 0 Å². The number of nitrogens with zero attached hydrogens (tertiary/aromatic N) is 2. The topological polar surface area (TPSA) is 63.7 Å². The van der Waals surface area contributed by atoms with Crippen molar-refractivity contribution in [2.75, 3.05) is 44.8 Å². The lowest BCUT2D eigenvalue weighted by atomic mass is 10.0. The van der Waals surface area contributed by atoms with Crippen LogP contribution in [0.4, 0.5) is 5.82 Å². The molecule has 1 saturated heterocycles. The second-order valence-corrected chi connectivity index (χ2v) is 6.11. The minimum Gasteiger partial charge on any atom is -0.462 e. The first-order valence-corrected chi connectivity index (χ1v) is 9.01. The number of aromatic nitrogens is 1. The Morgan fingerprint density at radius 2 is 2.00 bits per heavy atom. The molecule has 0 unspecified atom stereocenters. The fraction of sp³-hybridized carbons (Fsp3) is 0.400. The monoisotopic (exact) mass is 355 g/mol. The van der Waals surface area contributed by atoms with Gasteiger partial charge >= 0.3 is 5.97 Å². The third-order valence-corrected chi connectivity index (χ3v) is 4.42. The van der Waals surface area contributed by atoms with E-state index in [2.05, 4.69) is 39.5 Å². The first-order valence-electron chi connectivity index (χ1n) is 9.01. The molecule has 6 heteroatoms. The summed E-state index contributed by atoms with van der Waals surface area (Å²) in [5.74, 6) is 0.397. The Hall–Kier alpha value is -2.44. The number of carbonyl (C=O) groups is 1. The van der Waals surface area contributed by atoms with Crippen LogP contribution in [0.3, 0.4) is 0 Å². The molecule has 0 amide bonds. The maximum absolute atomic E-state index is 11.7. The van der Waals surface area contributed by atoms with Crippen LogP contribution >= 0.6 is 0 Å². The Bertz CT molecular complexity index is 685. The molecule has 2 aromatic rings. The third kappa shape index (κ3) is 4.80. The molecule has 1 aliphatic heterocycles. The summed E-state index contributed by atoms with van der Waals surface area (Å²) in [6.07, 6.45) is 1.55. The van der Waals surface area contributed by atoms with E-state index in [4.69, 9.17) is 9.47 Å². The van der Waals surface area contributed by atoms with Crippen molar-refractivity contribution in [3.05, 3.63) is 59.8 Å². The maximum Gasteiger partial charge on any atom is 0.339 e. The number of hydrogen-bond acceptors (Lipinski definition) is 6. The summed E-state index contributed by atoms with van der Waals surface area (Å²) in [4.78, 5) is 18.5.